The highest BCUT2D eigenvalue weighted by Gasteiger charge is 2.17. The van der Waals surface area contributed by atoms with Gasteiger partial charge in [0, 0.05) is 17.5 Å². The van der Waals surface area contributed by atoms with E-state index in [1.54, 1.807) is 0 Å². The minimum absolute atomic E-state index is 0.620. The molecule has 0 aliphatic carbocycles. The summed E-state index contributed by atoms with van der Waals surface area (Å²) < 4.78 is 0. The minimum Gasteiger partial charge on any atom is -0.260 e. The number of nitrogens with zero attached hydrogens (tertiary/aromatic N) is 1. The van der Waals surface area contributed by atoms with Crippen LogP contribution in [-0.4, -0.2) is 4.98 Å². The topological polar surface area (TPSA) is 12.9 Å². The molecule has 2 aromatic rings. The SMILES string of the molecule is CCCCCCC(CC)c1ccc2c(C(CCCCCC)CCCCCC)nccc2c1. The number of pyridine rings is 1. The largest absolute Gasteiger partial charge is 0.260 e. The van der Waals surface area contributed by atoms with E-state index in [9.17, 15) is 0 Å². The predicted octanol–water partition coefficient (Wildman–Crippen LogP) is 10.7. The summed E-state index contributed by atoms with van der Waals surface area (Å²) >= 11 is 0. The maximum atomic E-state index is 4.97. The Bertz CT molecular complexity index is 722. The van der Waals surface area contributed by atoms with Gasteiger partial charge >= 0.3 is 0 Å². The highest BCUT2D eigenvalue weighted by atomic mass is 14.7. The van der Waals surface area contributed by atoms with E-state index in [-0.39, 0.29) is 0 Å². The van der Waals surface area contributed by atoms with Crippen LogP contribution in [0.5, 0.6) is 0 Å². The lowest BCUT2D eigenvalue weighted by Gasteiger charge is -2.20. The molecule has 180 valence electrons. The number of hydrogen-bond acceptors (Lipinski definition) is 1. The van der Waals surface area contributed by atoms with Crippen LogP contribution in [0.25, 0.3) is 10.8 Å². The molecule has 0 aliphatic rings. The molecule has 0 spiro atoms. The monoisotopic (exact) mass is 437 g/mol. The van der Waals surface area contributed by atoms with E-state index in [0.717, 1.165) is 0 Å². The van der Waals surface area contributed by atoms with E-state index < -0.39 is 0 Å². The average molecular weight is 438 g/mol. The summed E-state index contributed by atoms with van der Waals surface area (Å²) in [6, 6.07) is 9.57. The van der Waals surface area contributed by atoms with Crippen LogP contribution in [0.3, 0.4) is 0 Å². The van der Waals surface area contributed by atoms with Crippen LogP contribution in [0.2, 0.25) is 0 Å². The van der Waals surface area contributed by atoms with E-state index in [0.29, 0.717) is 11.8 Å². The van der Waals surface area contributed by atoms with Crippen LogP contribution in [0, 0.1) is 0 Å². The molecule has 0 N–H and O–H groups in total. The van der Waals surface area contributed by atoms with Crippen LogP contribution in [0.4, 0.5) is 0 Å². The Balaban J connectivity index is 2.18. The number of unbranched alkanes of at least 4 members (excludes halogenated alkanes) is 9. The minimum atomic E-state index is 0.620. The second-order valence-corrected chi connectivity index (χ2v) is 10.0. The standard InChI is InChI=1S/C31H51N/c1-5-9-12-15-18-26(8-4)28-21-22-30-29(25-28)23-24-32-31(30)27(19-16-13-10-6-2)20-17-14-11-7-3/h21-27H,5-20H2,1-4H3. The molecule has 0 radical (unpaired) electrons. The summed E-state index contributed by atoms with van der Waals surface area (Å²) in [6.07, 6.45) is 23.5. The van der Waals surface area contributed by atoms with Crippen LogP contribution < -0.4 is 0 Å². The molecule has 1 heteroatoms. The molecule has 0 saturated heterocycles. The van der Waals surface area contributed by atoms with Crippen molar-refractivity contribution >= 4 is 10.8 Å². The van der Waals surface area contributed by atoms with Gasteiger partial charge in [-0.25, -0.2) is 0 Å². The first-order valence-electron chi connectivity index (χ1n) is 14.1. The molecule has 1 aromatic heterocycles. The van der Waals surface area contributed by atoms with Gasteiger partial charge in [-0.3, -0.25) is 4.98 Å². The van der Waals surface area contributed by atoms with Gasteiger partial charge in [0.2, 0.25) is 0 Å². The van der Waals surface area contributed by atoms with E-state index in [1.165, 1.54) is 125 Å². The summed E-state index contributed by atoms with van der Waals surface area (Å²) in [4.78, 5) is 4.97. The molecule has 0 fully saturated rings. The number of benzene rings is 1. The average Bonchev–Trinajstić information content (AvgIpc) is 2.82. The maximum absolute atomic E-state index is 4.97. The molecule has 1 atom stereocenters. The lowest BCUT2D eigenvalue weighted by Crippen LogP contribution is -2.04. The van der Waals surface area contributed by atoms with Gasteiger partial charge in [-0.2, -0.15) is 0 Å². The van der Waals surface area contributed by atoms with Gasteiger partial charge in [0.15, 0.2) is 0 Å². The third-order valence-electron chi connectivity index (χ3n) is 7.39. The van der Waals surface area contributed by atoms with Crippen molar-refractivity contribution in [2.45, 2.75) is 142 Å². The summed E-state index contributed by atoms with van der Waals surface area (Å²) in [5.74, 6) is 1.32. The molecular weight excluding hydrogens is 386 g/mol. The fourth-order valence-electron chi connectivity index (χ4n) is 5.28. The first-order valence-corrected chi connectivity index (χ1v) is 14.1. The second kappa shape index (κ2) is 16.3. The zero-order valence-electron chi connectivity index (χ0n) is 21.8. The Morgan fingerprint density at radius 2 is 1.19 bits per heavy atom. The van der Waals surface area contributed by atoms with Gasteiger partial charge in [0.05, 0.1) is 5.69 Å². The number of aromatic nitrogens is 1. The molecular formula is C31H51N. The van der Waals surface area contributed by atoms with Crippen molar-refractivity contribution < 1.29 is 0 Å². The van der Waals surface area contributed by atoms with Crippen LogP contribution in [0.1, 0.15) is 154 Å². The van der Waals surface area contributed by atoms with Crippen molar-refractivity contribution in [3.63, 3.8) is 0 Å². The molecule has 1 heterocycles. The van der Waals surface area contributed by atoms with Crippen molar-refractivity contribution in [1.82, 2.24) is 4.98 Å². The zero-order valence-corrected chi connectivity index (χ0v) is 21.8. The Morgan fingerprint density at radius 3 is 1.72 bits per heavy atom. The molecule has 1 aromatic carbocycles. The second-order valence-electron chi connectivity index (χ2n) is 10.0. The van der Waals surface area contributed by atoms with E-state index in [2.05, 4.69) is 58.2 Å². The molecule has 0 bridgehead atoms. The molecule has 2 rings (SSSR count). The summed E-state index contributed by atoms with van der Waals surface area (Å²) in [5, 5.41) is 2.82. The zero-order chi connectivity index (χ0) is 23.0. The molecule has 1 nitrogen and oxygen atoms in total. The van der Waals surface area contributed by atoms with E-state index in [4.69, 9.17) is 4.98 Å². The Labute approximate surface area is 199 Å². The van der Waals surface area contributed by atoms with Gasteiger partial charge < -0.3 is 0 Å². The van der Waals surface area contributed by atoms with Gasteiger partial charge in [0.1, 0.15) is 0 Å². The molecule has 0 saturated carbocycles. The number of hydrogen-bond donors (Lipinski definition) is 0. The van der Waals surface area contributed by atoms with Crippen molar-refractivity contribution in [2.24, 2.45) is 0 Å². The fraction of sp³-hybridized carbons (Fsp3) is 0.710. The van der Waals surface area contributed by atoms with E-state index in [1.807, 2.05) is 0 Å². The highest BCUT2D eigenvalue weighted by molar-refractivity contribution is 5.85. The summed E-state index contributed by atoms with van der Waals surface area (Å²) in [6.45, 7) is 9.27. The van der Waals surface area contributed by atoms with Crippen LogP contribution in [-0.2, 0) is 0 Å². The number of rotatable bonds is 18. The quantitative estimate of drug-likeness (QED) is 0.211. The first kappa shape index (κ1) is 26.9. The lowest BCUT2D eigenvalue weighted by molar-refractivity contribution is 0.491. The predicted molar refractivity (Wildman–Crippen MR) is 144 cm³/mol. The Morgan fingerprint density at radius 1 is 0.625 bits per heavy atom. The maximum Gasteiger partial charge on any atom is 0.0512 e. The van der Waals surface area contributed by atoms with Gasteiger partial charge in [-0.15, -0.1) is 0 Å². The van der Waals surface area contributed by atoms with Gasteiger partial charge in [-0.05, 0) is 48.6 Å². The van der Waals surface area contributed by atoms with Crippen molar-refractivity contribution in [3.8, 4) is 0 Å². The molecule has 32 heavy (non-hydrogen) atoms. The Hall–Kier alpha value is -1.37. The normalized spacial score (nSPS) is 12.7. The van der Waals surface area contributed by atoms with E-state index >= 15 is 0 Å². The van der Waals surface area contributed by atoms with Crippen molar-refractivity contribution in [3.05, 3.63) is 41.7 Å². The van der Waals surface area contributed by atoms with Crippen molar-refractivity contribution in [1.29, 1.82) is 0 Å². The number of fused-ring (bicyclic) bond motifs is 1. The smallest absolute Gasteiger partial charge is 0.0512 e. The van der Waals surface area contributed by atoms with Gasteiger partial charge in [-0.1, -0.05) is 123 Å². The van der Waals surface area contributed by atoms with Crippen LogP contribution >= 0.6 is 0 Å². The molecule has 0 aliphatic heterocycles. The third kappa shape index (κ3) is 8.87. The molecule has 1 unspecified atom stereocenters. The third-order valence-corrected chi connectivity index (χ3v) is 7.39. The summed E-state index contributed by atoms with van der Waals surface area (Å²) in [5.41, 5.74) is 2.91. The van der Waals surface area contributed by atoms with Gasteiger partial charge in [0.25, 0.3) is 0 Å². The molecule has 0 amide bonds. The van der Waals surface area contributed by atoms with Crippen LogP contribution in [0.15, 0.2) is 30.5 Å². The highest BCUT2D eigenvalue weighted by Crippen LogP contribution is 2.34. The summed E-state index contributed by atoms with van der Waals surface area (Å²) in [7, 11) is 0. The first-order chi connectivity index (χ1) is 15.7. The Kier molecular flexibility index (Phi) is 13.7. The lowest BCUT2D eigenvalue weighted by atomic mass is 9.86. The fourth-order valence-corrected chi connectivity index (χ4v) is 5.28. The van der Waals surface area contributed by atoms with Crippen molar-refractivity contribution in [2.75, 3.05) is 0 Å².